The molecule has 0 bridgehead atoms. The average molecular weight is 329 g/mol. The Morgan fingerprint density at radius 3 is 2.71 bits per heavy atom. The maximum atomic E-state index is 13.0. The summed E-state index contributed by atoms with van der Waals surface area (Å²) in [6.07, 6.45) is 1.67. The number of aryl methyl sites for hydroxylation is 1. The highest BCUT2D eigenvalue weighted by atomic mass is 16.2. The van der Waals surface area contributed by atoms with Gasteiger partial charge in [0.2, 0.25) is 11.8 Å². The molecule has 1 aromatic carbocycles. The molecule has 5 heteroatoms. The van der Waals surface area contributed by atoms with Crippen LogP contribution in [0.5, 0.6) is 0 Å². The van der Waals surface area contributed by atoms with Gasteiger partial charge in [0.15, 0.2) is 0 Å². The summed E-state index contributed by atoms with van der Waals surface area (Å²) in [6, 6.07) is 8.33. The van der Waals surface area contributed by atoms with E-state index in [0.29, 0.717) is 26.2 Å². The van der Waals surface area contributed by atoms with Crippen LogP contribution in [0.25, 0.3) is 0 Å². The summed E-state index contributed by atoms with van der Waals surface area (Å²) in [6.45, 7) is 5.25. The normalized spacial score (nSPS) is 23.8. The molecule has 2 aliphatic rings. The molecule has 0 aliphatic carbocycles. The van der Waals surface area contributed by atoms with Crippen molar-refractivity contribution >= 4 is 11.8 Å². The molecule has 0 unspecified atom stereocenters. The minimum atomic E-state index is -0.341. The molecule has 2 fully saturated rings. The van der Waals surface area contributed by atoms with Crippen molar-refractivity contribution < 1.29 is 9.59 Å². The lowest BCUT2D eigenvalue weighted by Crippen LogP contribution is -2.40. The number of amides is 2. The van der Waals surface area contributed by atoms with Gasteiger partial charge in [0.05, 0.1) is 12.0 Å². The molecular weight excluding hydrogens is 302 g/mol. The van der Waals surface area contributed by atoms with Gasteiger partial charge in [-0.2, -0.15) is 0 Å². The first-order chi connectivity index (χ1) is 11.4. The molecule has 1 spiro atoms. The predicted octanol–water partition coefficient (Wildman–Crippen LogP) is 1.51. The van der Waals surface area contributed by atoms with Gasteiger partial charge in [0.1, 0.15) is 0 Å². The summed E-state index contributed by atoms with van der Waals surface area (Å²) in [4.78, 5) is 31.0. The van der Waals surface area contributed by atoms with E-state index in [0.717, 1.165) is 19.4 Å². The monoisotopic (exact) mass is 329 g/mol. The zero-order chi connectivity index (χ0) is 17.3. The van der Waals surface area contributed by atoms with E-state index in [9.17, 15) is 9.59 Å². The summed E-state index contributed by atoms with van der Waals surface area (Å²) < 4.78 is 0. The van der Waals surface area contributed by atoms with E-state index in [2.05, 4.69) is 25.1 Å². The number of hydrogen-bond donors (Lipinski definition) is 0. The molecule has 2 amide bonds. The highest BCUT2D eigenvalue weighted by molar-refractivity contribution is 5.87. The SMILES string of the molecule is Cc1cccc(CN2CC[C@@]3(CCN(C(=O)CN(C)C)C3)C2=O)c1. The number of likely N-dealkylation sites (N-methyl/N-ethyl adjacent to an activating group) is 1. The topological polar surface area (TPSA) is 43.9 Å². The maximum absolute atomic E-state index is 13.0. The lowest BCUT2D eigenvalue weighted by molar-refractivity contribution is -0.137. The first kappa shape index (κ1) is 17.0. The van der Waals surface area contributed by atoms with Crippen molar-refractivity contribution in [1.82, 2.24) is 14.7 Å². The van der Waals surface area contributed by atoms with Crippen molar-refractivity contribution in [2.45, 2.75) is 26.3 Å². The number of likely N-dealkylation sites (tertiary alicyclic amines) is 2. The molecule has 0 saturated carbocycles. The molecule has 2 heterocycles. The van der Waals surface area contributed by atoms with E-state index in [1.807, 2.05) is 34.9 Å². The number of carbonyl (C=O) groups excluding carboxylic acids is 2. The van der Waals surface area contributed by atoms with Crippen LogP contribution in [0, 0.1) is 12.3 Å². The van der Waals surface area contributed by atoms with E-state index in [-0.39, 0.29) is 17.2 Å². The first-order valence-electron chi connectivity index (χ1n) is 8.67. The Labute approximate surface area is 144 Å². The third kappa shape index (κ3) is 3.31. The van der Waals surface area contributed by atoms with Gasteiger partial charge in [-0.3, -0.25) is 9.59 Å². The van der Waals surface area contributed by atoms with Crippen LogP contribution in [0.2, 0.25) is 0 Å². The van der Waals surface area contributed by atoms with Crippen LogP contribution in [0.15, 0.2) is 24.3 Å². The second kappa shape index (κ2) is 6.55. The van der Waals surface area contributed by atoms with E-state index in [1.165, 1.54) is 11.1 Å². The fourth-order valence-corrected chi connectivity index (χ4v) is 3.91. The molecule has 0 aromatic heterocycles. The quantitative estimate of drug-likeness (QED) is 0.841. The van der Waals surface area contributed by atoms with E-state index in [1.54, 1.807) is 0 Å². The van der Waals surface area contributed by atoms with Crippen molar-refractivity contribution in [2.24, 2.45) is 5.41 Å². The van der Waals surface area contributed by atoms with Gasteiger partial charge in [-0.1, -0.05) is 29.8 Å². The molecule has 130 valence electrons. The lowest BCUT2D eigenvalue weighted by atomic mass is 9.85. The fraction of sp³-hybridized carbons (Fsp3) is 0.579. The van der Waals surface area contributed by atoms with Crippen molar-refractivity contribution in [3.63, 3.8) is 0 Å². The van der Waals surface area contributed by atoms with Gasteiger partial charge in [0, 0.05) is 26.2 Å². The number of hydrogen-bond acceptors (Lipinski definition) is 3. The van der Waals surface area contributed by atoms with Crippen molar-refractivity contribution in [3.05, 3.63) is 35.4 Å². The van der Waals surface area contributed by atoms with E-state index >= 15 is 0 Å². The third-order valence-corrected chi connectivity index (χ3v) is 5.22. The zero-order valence-corrected chi connectivity index (χ0v) is 14.9. The number of nitrogens with zero attached hydrogens (tertiary/aromatic N) is 3. The number of rotatable bonds is 4. The lowest BCUT2D eigenvalue weighted by Gasteiger charge is -2.24. The van der Waals surface area contributed by atoms with Crippen molar-refractivity contribution in [1.29, 1.82) is 0 Å². The van der Waals surface area contributed by atoms with Crippen LogP contribution in [-0.4, -0.2) is 66.8 Å². The van der Waals surface area contributed by atoms with Gasteiger partial charge in [-0.15, -0.1) is 0 Å². The second-order valence-electron chi connectivity index (χ2n) is 7.55. The Bertz CT molecular complexity index is 643. The molecule has 24 heavy (non-hydrogen) atoms. The van der Waals surface area contributed by atoms with E-state index < -0.39 is 0 Å². The predicted molar refractivity (Wildman–Crippen MR) is 93.4 cm³/mol. The van der Waals surface area contributed by atoms with Gasteiger partial charge in [-0.25, -0.2) is 0 Å². The standard InChI is InChI=1S/C19H27N3O2/c1-15-5-4-6-16(11-15)12-21-9-7-19(18(21)24)8-10-22(14-19)17(23)13-20(2)3/h4-6,11H,7-10,12-14H2,1-3H3/t19-/m0/s1. The molecule has 0 radical (unpaired) electrons. The number of benzene rings is 1. The van der Waals surface area contributed by atoms with Gasteiger partial charge in [0.25, 0.3) is 0 Å². The van der Waals surface area contributed by atoms with Crippen LogP contribution >= 0.6 is 0 Å². The molecule has 0 N–H and O–H groups in total. The summed E-state index contributed by atoms with van der Waals surface area (Å²) in [5.74, 6) is 0.353. The summed E-state index contributed by atoms with van der Waals surface area (Å²) in [5, 5.41) is 0. The van der Waals surface area contributed by atoms with Gasteiger partial charge >= 0.3 is 0 Å². The van der Waals surface area contributed by atoms with Crippen LogP contribution in [-0.2, 0) is 16.1 Å². The number of carbonyl (C=O) groups is 2. The summed E-state index contributed by atoms with van der Waals surface area (Å²) >= 11 is 0. The Hall–Kier alpha value is -1.88. The van der Waals surface area contributed by atoms with Crippen LogP contribution in [0.3, 0.4) is 0 Å². The van der Waals surface area contributed by atoms with Crippen LogP contribution < -0.4 is 0 Å². The molecular formula is C19H27N3O2. The molecule has 2 saturated heterocycles. The minimum absolute atomic E-state index is 0.127. The molecule has 2 aliphatic heterocycles. The van der Waals surface area contributed by atoms with Crippen molar-refractivity contribution in [3.8, 4) is 0 Å². The highest BCUT2D eigenvalue weighted by Crippen LogP contribution is 2.41. The van der Waals surface area contributed by atoms with Crippen LogP contribution in [0.4, 0.5) is 0 Å². The minimum Gasteiger partial charge on any atom is -0.340 e. The Morgan fingerprint density at radius 2 is 2.00 bits per heavy atom. The first-order valence-corrected chi connectivity index (χ1v) is 8.67. The van der Waals surface area contributed by atoms with E-state index in [4.69, 9.17) is 0 Å². The van der Waals surface area contributed by atoms with Crippen LogP contribution in [0.1, 0.15) is 24.0 Å². The van der Waals surface area contributed by atoms with Crippen molar-refractivity contribution in [2.75, 3.05) is 40.3 Å². The maximum Gasteiger partial charge on any atom is 0.236 e. The second-order valence-corrected chi connectivity index (χ2v) is 7.55. The molecule has 3 rings (SSSR count). The fourth-order valence-electron chi connectivity index (χ4n) is 3.91. The Kier molecular flexibility index (Phi) is 4.63. The molecule has 5 nitrogen and oxygen atoms in total. The third-order valence-electron chi connectivity index (χ3n) is 5.22. The molecule has 1 atom stereocenters. The largest absolute Gasteiger partial charge is 0.340 e. The Balaban J connectivity index is 1.65. The zero-order valence-electron chi connectivity index (χ0n) is 14.9. The Morgan fingerprint density at radius 1 is 1.25 bits per heavy atom. The smallest absolute Gasteiger partial charge is 0.236 e. The molecule has 1 aromatic rings. The van der Waals surface area contributed by atoms with Gasteiger partial charge in [-0.05, 0) is 39.4 Å². The summed E-state index contributed by atoms with van der Waals surface area (Å²) in [7, 11) is 3.79. The average Bonchev–Trinajstić information content (AvgIpc) is 3.07. The summed E-state index contributed by atoms with van der Waals surface area (Å²) in [5.41, 5.74) is 2.06. The highest BCUT2D eigenvalue weighted by Gasteiger charge is 2.51. The van der Waals surface area contributed by atoms with Gasteiger partial charge < -0.3 is 14.7 Å².